The van der Waals surface area contributed by atoms with Gasteiger partial charge < -0.3 is 4.57 Å². The van der Waals surface area contributed by atoms with Crippen LogP contribution >= 0.6 is 0 Å². The minimum absolute atomic E-state index is 0.596. The van der Waals surface area contributed by atoms with Crippen LogP contribution in [0.25, 0.3) is 100 Å². The Labute approximate surface area is 322 Å². The topological polar surface area (TPSA) is 61.4 Å². The van der Waals surface area contributed by atoms with Crippen molar-refractivity contribution in [3.8, 4) is 56.7 Å². The molecule has 6 heteroatoms. The van der Waals surface area contributed by atoms with Crippen LogP contribution in [0.15, 0.2) is 194 Å². The molecule has 0 amide bonds. The van der Waals surface area contributed by atoms with Crippen LogP contribution in [0.5, 0.6) is 0 Å². The Hall–Kier alpha value is -7.70. The van der Waals surface area contributed by atoms with E-state index in [-0.39, 0.29) is 0 Å². The summed E-state index contributed by atoms with van der Waals surface area (Å²) in [6.45, 7) is 0. The fourth-order valence-corrected chi connectivity index (χ4v) is 8.11. The van der Waals surface area contributed by atoms with Crippen molar-refractivity contribution in [2.75, 3.05) is 0 Å². The number of hydrogen-bond donors (Lipinski definition) is 0. The fraction of sp³-hybridized carbons (Fsp3) is 0. The molecule has 0 N–H and O–H groups in total. The summed E-state index contributed by atoms with van der Waals surface area (Å²) in [5, 5.41) is 4.76. The molecule has 0 radical (unpaired) electrons. The van der Waals surface area contributed by atoms with Gasteiger partial charge in [0, 0.05) is 56.3 Å². The largest absolute Gasteiger partial charge is 0.309 e. The molecule has 0 fully saturated rings. The Morgan fingerprint density at radius 3 is 1.66 bits per heavy atom. The van der Waals surface area contributed by atoms with E-state index in [9.17, 15) is 0 Å². The van der Waals surface area contributed by atoms with Gasteiger partial charge in [-0.25, -0.2) is 19.9 Å². The Morgan fingerprint density at radius 1 is 0.357 bits per heavy atom. The molecular weight excluding hydrogens is 685 g/mol. The van der Waals surface area contributed by atoms with Crippen LogP contribution in [0.3, 0.4) is 0 Å². The van der Waals surface area contributed by atoms with Crippen LogP contribution in [-0.2, 0) is 0 Å². The van der Waals surface area contributed by atoms with Gasteiger partial charge in [0.05, 0.1) is 33.5 Å². The number of fused-ring (bicyclic) bond motifs is 6. The number of para-hydroxylation sites is 3. The predicted molar refractivity (Wildman–Crippen MR) is 228 cm³/mol. The zero-order valence-corrected chi connectivity index (χ0v) is 30.2. The lowest BCUT2D eigenvalue weighted by Gasteiger charge is -2.10. The zero-order chi connectivity index (χ0) is 37.0. The summed E-state index contributed by atoms with van der Waals surface area (Å²) >= 11 is 0. The van der Waals surface area contributed by atoms with Gasteiger partial charge in [-0.1, -0.05) is 133 Å². The Bertz CT molecular complexity index is 3160. The highest BCUT2D eigenvalue weighted by Gasteiger charge is 2.20. The first-order valence-corrected chi connectivity index (χ1v) is 18.7. The minimum atomic E-state index is 0.596. The highest BCUT2D eigenvalue weighted by atomic mass is 15.1. The molecule has 11 aromatic rings. The molecule has 7 aromatic carbocycles. The van der Waals surface area contributed by atoms with Crippen molar-refractivity contribution in [3.63, 3.8) is 0 Å². The third-order valence-corrected chi connectivity index (χ3v) is 10.7. The van der Waals surface area contributed by atoms with E-state index in [0.717, 1.165) is 66.7 Å². The maximum atomic E-state index is 5.00. The van der Waals surface area contributed by atoms with Crippen LogP contribution < -0.4 is 0 Å². The molecular formula is C50H32N6. The van der Waals surface area contributed by atoms with Gasteiger partial charge in [-0.3, -0.25) is 4.57 Å². The molecule has 0 atom stereocenters. The van der Waals surface area contributed by atoms with Gasteiger partial charge in [-0.2, -0.15) is 0 Å². The number of rotatable bonds is 6. The van der Waals surface area contributed by atoms with Crippen molar-refractivity contribution < 1.29 is 0 Å². The minimum Gasteiger partial charge on any atom is -0.309 e. The molecule has 0 bridgehead atoms. The summed E-state index contributed by atoms with van der Waals surface area (Å²) in [6, 6.07) is 63.5. The lowest BCUT2D eigenvalue weighted by atomic mass is 9.98. The normalized spacial score (nSPS) is 11.6. The van der Waals surface area contributed by atoms with Gasteiger partial charge in [0.25, 0.3) is 0 Å². The third kappa shape index (κ3) is 5.19. The molecule has 262 valence electrons. The second-order valence-corrected chi connectivity index (χ2v) is 13.9. The van der Waals surface area contributed by atoms with E-state index in [2.05, 4.69) is 137 Å². The first kappa shape index (κ1) is 31.8. The zero-order valence-electron chi connectivity index (χ0n) is 30.2. The summed E-state index contributed by atoms with van der Waals surface area (Å²) < 4.78 is 4.52. The first-order valence-electron chi connectivity index (χ1n) is 18.7. The van der Waals surface area contributed by atoms with E-state index in [0.29, 0.717) is 11.8 Å². The van der Waals surface area contributed by atoms with E-state index in [1.54, 1.807) is 0 Å². The van der Waals surface area contributed by atoms with Crippen molar-refractivity contribution in [2.45, 2.75) is 0 Å². The number of nitrogens with zero attached hydrogens (tertiary/aromatic N) is 6. The van der Waals surface area contributed by atoms with Crippen molar-refractivity contribution in [3.05, 3.63) is 194 Å². The fourth-order valence-electron chi connectivity index (χ4n) is 8.11. The Kier molecular flexibility index (Phi) is 7.38. The summed E-state index contributed by atoms with van der Waals surface area (Å²) in [5.74, 6) is 1.25. The number of benzene rings is 7. The van der Waals surface area contributed by atoms with Gasteiger partial charge in [-0.05, 0) is 59.7 Å². The number of aromatic nitrogens is 6. The molecule has 11 rings (SSSR count). The quantitative estimate of drug-likeness (QED) is 0.172. The maximum Gasteiger partial charge on any atom is 0.234 e. The van der Waals surface area contributed by atoms with Crippen molar-refractivity contribution in [1.29, 1.82) is 0 Å². The standard InChI is InChI=1S/C50H32N6/c1-4-15-33(16-5-1)42-30-43(54-49(53-42)34-17-6-2-7-18-34)36-31-51-50(52-32-36)56-45-25-13-11-22-40(45)48-38(23-14-26-47(48)56)35-27-28-46-41(29-35)39-21-10-12-24-44(39)55(46)37-19-8-3-9-20-37/h1-32H. The van der Waals surface area contributed by atoms with Crippen LogP contribution in [-0.4, -0.2) is 29.1 Å². The van der Waals surface area contributed by atoms with Crippen molar-refractivity contribution >= 4 is 43.6 Å². The molecule has 0 aliphatic heterocycles. The van der Waals surface area contributed by atoms with Crippen molar-refractivity contribution in [1.82, 2.24) is 29.1 Å². The molecule has 4 aromatic heterocycles. The molecule has 0 aliphatic rings. The van der Waals surface area contributed by atoms with Crippen LogP contribution in [0.4, 0.5) is 0 Å². The van der Waals surface area contributed by atoms with E-state index >= 15 is 0 Å². The van der Waals surface area contributed by atoms with Gasteiger partial charge in [0.1, 0.15) is 0 Å². The highest BCUT2D eigenvalue weighted by molar-refractivity contribution is 6.17. The van der Waals surface area contributed by atoms with Crippen LogP contribution in [0.1, 0.15) is 0 Å². The molecule has 0 saturated carbocycles. The lowest BCUT2D eigenvalue weighted by Crippen LogP contribution is -2.02. The van der Waals surface area contributed by atoms with Crippen molar-refractivity contribution in [2.24, 2.45) is 0 Å². The third-order valence-electron chi connectivity index (χ3n) is 10.7. The molecule has 0 unspecified atom stereocenters. The molecule has 0 saturated heterocycles. The van der Waals surface area contributed by atoms with Gasteiger partial charge >= 0.3 is 0 Å². The second kappa shape index (κ2) is 13.0. The molecule has 56 heavy (non-hydrogen) atoms. The summed E-state index contributed by atoms with van der Waals surface area (Å²) in [7, 11) is 0. The van der Waals surface area contributed by atoms with Gasteiger partial charge in [0.15, 0.2) is 5.82 Å². The maximum absolute atomic E-state index is 5.00. The molecule has 6 nitrogen and oxygen atoms in total. The number of hydrogen-bond acceptors (Lipinski definition) is 4. The average molecular weight is 717 g/mol. The van der Waals surface area contributed by atoms with Gasteiger partial charge in [-0.15, -0.1) is 0 Å². The van der Waals surface area contributed by atoms with E-state index in [1.807, 2.05) is 67.0 Å². The molecule has 0 spiro atoms. The second-order valence-electron chi connectivity index (χ2n) is 13.9. The SMILES string of the molecule is c1ccc(-c2cc(-c3cnc(-n4c5ccccc5c5c(-c6ccc7c(c6)c6ccccc6n7-c6ccccc6)cccc54)nc3)nc(-c3ccccc3)n2)cc1. The Balaban J connectivity index is 1.05. The van der Waals surface area contributed by atoms with Gasteiger partial charge in [0.2, 0.25) is 5.95 Å². The Morgan fingerprint density at radius 2 is 0.929 bits per heavy atom. The first-order chi connectivity index (χ1) is 27.8. The van der Waals surface area contributed by atoms with Crippen LogP contribution in [0.2, 0.25) is 0 Å². The summed E-state index contributed by atoms with van der Waals surface area (Å²) in [4.78, 5) is 19.9. The lowest BCUT2D eigenvalue weighted by molar-refractivity contribution is 0.988. The molecule has 0 aliphatic carbocycles. The smallest absolute Gasteiger partial charge is 0.234 e. The summed E-state index contributed by atoms with van der Waals surface area (Å²) in [5.41, 5.74) is 12.3. The summed E-state index contributed by atoms with van der Waals surface area (Å²) in [6.07, 6.45) is 3.74. The molecule has 4 heterocycles. The predicted octanol–water partition coefficient (Wildman–Crippen LogP) is 12.1. The highest BCUT2D eigenvalue weighted by Crippen LogP contribution is 2.41. The van der Waals surface area contributed by atoms with E-state index in [4.69, 9.17) is 19.9 Å². The monoisotopic (exact) mass is 716 g/mol. The van der Waals surface area contributed by atoms with E-state index in [1.165, 1.54) is 21.8 Å². The van der Waals surface area contributed by atoms with Crippen LogP contribution in [0, 0.1) is 0 Å². The average Bonchev–Trinajstić information content (AvgIpc) is 3.80. The van der Waals surface area contributed by atoms with E-state index < -0.39 is 0 Å².